The van der Waals surface area contributed by atoms with Gasteiger partial charge >= 0.3 is 5.97 Å². The molecule has 76 valence electrons. The molecule has 1 heterocycles. The Morgan fingerprint density at radius 2 is 2.08 bits per heavy atom. The van der Waals surface area contributed by atoms with Gasteiger partial charge in [-0.25, -0.2) is 0 Å². The molecule has 2 N–H and O–H groups in total. The van der Waals surface area contributed by atoms with E-state index in [-0.39, 0.29) is 11.6 Å². The van der Waals surface area contributed by atoms with E-state index in [9.17, 15) is 9.36 Å². The lowest BCUT2D eigenvalue weighted by Crippen LogP contribution is -2.42. The second-order valence-corrected chi connectivity index (χ2v) is 7.62. The predicted molar refractivity (Wildman–Crippen MR) is 51.9 cm³/mol. The van der Waals surface area contributed by atoms with Crippen LogP contribution in [0.3, 0.4) is 0 Å². The fourth-order valence-electron chi connectivity index (χ4n) is 1.58. The summed E-state index contributed by atoms with van der Waals surface area (Å²) in [4.78, 5) is 10.7. The highest BCUT2D eigenvalue weighted by Gasteiger charge is 2.32. The average Bonchev–Trinajstić information content (AvgIpc) is 2.03. The molecule has 1 saturated heterocycles. The second-order valence-electron chi connectivity index (χ2n) is 4.02. The zero-order valence-corrected chi connectivity index (χ0v) is 8.88. The molecule has 0 aromatic carbocycles. The summed E-state index contributed by atoms with van der Waals surface area (Å²) in [7, 11) is -2.14. The van der Waals surface area contributed by atoms with Crippen molar-refractivity contribution in [1.82, 2.24) is 5.32 Å². The van der Waals surface area contributed by atoms with E-state index in [1.807, 2.05) is 0 Å². The average molecular weight is 205 g/mol. The van der Waals surface area contributed by atoms with Crippen molar-refractivity contribution in [2.45, 2.75) is 12.1 Å². The molecule has 0 aliphatic carbocycles. The van der Waals surface area contributed by atoms with Gasteiger partial charge in [-0.2, -0.15) is 0 Å². The highest BCUT2D eigenvalue weighted by Crippen LogP contribution is 2.45. The Morgan fingerprint density at radius 3 is 2.54 bits per heavy atom. The van der Waals surface area contributed by atoms with Crippen LogP contribution in [-0.4, -0.2) is 43.2 Å². The molecule has 1 aliphatic rings. The summed E-state index contributed by atoms with van der Waals surface area (Å²) in [5.74, 6) is -1.15. The minimum Gasteiger partial charge on any atom is -0.481 e. The van der Waals surface area contributed by atoms with Crippen LogP contribution in [-0.2, 0) is 9.36 Å². The summed E-state index contributed by atoms with van der Waals surface area (Å²) in [6.07, 6.45) is 0.548. The molecular weight excluding hydrogens is 189 g/mol. The maximum absolute atomic E-state index is 11.7. The molecule has 5 heteroatoms. The van der Waals surface area contributed by atoms with Crippen molar-refractivity contribution >= 4 is 13.1 Å². The van der Waals surface area contributed by atoms with E-state index in [4.69, 9.17) is 5.11 Å². The van der Waals surface area contributed by atoms with Gasteiger partial charge in [0.25, 0.3) is 0 Å². The number of nitrogens with one attached hydrogen (secondary N) is 1. The smallest absolute Gasteiger partial charge is 0.307 e. The number of hydrogen-bond acceptors (Lipinski definition) is 3. The van der Waals surface area contributed by atoms with Gasteiger partial charge in [-0.3, -0.25) is 4.79 Å². The van der Waals surface area contributed by atoms with Crippen LogP contribution >= 0.6 is 7.14 Å². The molecule has 0 aromatic heterocycles. The van der Waals surface area contributed by atoms with E-state index < -0.39 is 13.1 Å². The summed E-state index contributed by atoms with van der Waals surface area (Å²) >= 11 is 0. The number of carboxylic acid groups (broad SMARTS) is 1. The number of hydrogen-bond donors (Lipinski definition) is 2. The molecule has 13 heavy (non-hydrogen) atoms. The minimum absolute atomic E-state index is 0.0300. The predicted octanol–water partition coefficient (Wildman–Crippen LogP) is 0.672. The molecule has 4 nitrogen and oxygen atoms in total. The van der Waals surface area contributed by atoms with Gasteiger partial charge in [-0.1, -0.05) is 0 Å². The molecule has 2 unspecified atom stereocenters. The van der Waals surface area contributed by atoms with Crippen LogP contribution in [0.1, 0.15) is 6.42 Å². The molecule has 1 aliphatic heterocycles. The van der Waals surface area contributed by atoms with Crippen LogP contribution in [0.4, 0.5) is 0 Å². The number of piperidine rings is 1. The van der Waals surface area contributed by atoms with E-state index in [0.717, 1.165) is 0 Å². The SMILES string of the molecule is CP(C)(=O)C1CNCC(C(=O)O)C1. The normalized spacial score (nSPS) is 30.0. The summed E-state index contributed by atoms with van der Waals surface area (Å²) in [5, 5.41) is 11.8. The quantitative estimate of drug-likeness (QED) is 0.650. The van der Waals surface area contributed by atoms with Gasteiger partial charge in [0.2, 0.25) is 0 Å². The third-order valence-electron chi connectivity index (χ3n) is 2.56. The number of aliphatic carboxylic acids is 1. The van der Waals surface area contributed by atoms with Gasteiger partial charge in [-0.15, -0.1) is 0 Å². The molecule has 0 bridgehead atoms. The van der Waals surface area contributed by atoms with E-state index in [1.165, 1.54) is 0 Å². The lowest BCUT2D eigenvalue weighted by molar-refractivity contribution is -0.142. The first kappa shape index (κ1) is 10.7. The third-order valence-corrected chi connectivity index (χ3v) is 4.71. The van der Waals surface area contributed by atoms with Gasteiger partial charge in [0, 0.05) is 18.7 Å². The maximum atomic E-state index is 11.7. The molecule has 2 atom stereocenters. The van der Waals surface area contributed by atoms with E-state index in [2.05, 4.69) is 5.32 Å². The van der Waals surface area contributed by atoms with Gasteiger partial charge < -0.3 is 15.0 Å². The Hall–Kier alpha value is -0.340. The minimum atomic E-state index is -2.14. The van der Waals surface area contributed by atoms with Crippen LogP contribution in [0.15, 0.2) is 0 Å². The lowest BCUT2D eigenvalue weighted by atomic mass is 10.00. The summed E-state index contributed by atoms with van der Waals surface area (Å²) < 4.78 is 11.7. The number of carbonyl (C=O) groups is 1. The summed E-state index contributed by atoms with van der Waals surface area (Å²) in [5.41, 5.74) is 0.0300. The van der Waals surface area contributed by atoms with Crippen molar-refractivity contribution in [1.29, 1.82) is 0 Å². The van der Waals surface area contributed by atoms with Crippen molar-refractivity contribution in [2.24, 2.45) is 5.92 Å². The van der Waals surface area contributed by atoms with E-state index in [0.29, 0.717) is 19.5 Å². The first-order valence-electron chi connectivity index (χ1n) is 4.39. The molecular formula is C8H16NO3P. The van der Waals surface area contributed by atoms with Crippen molar-refractivity contribution < 1.29 is 14.5 Å². The van der Waals surface area contributed by atoms with Crippen molar-refractivity contribution in [3.63, 3.8) is 0 Å². The van der Waals surface area contributed by atoms with Gasteiger partial charge in [0.15, 0.2) is 0 Å². The molecule has 0 spiro atoms. The zero-order chi connectivity index (χ0) is 10.1. The van der Waals surface area contributed by atoms with E-state index >= 15 is 0 Å². The van der Waals surface area contributed by atoms with Crippen molar-refractivity contribution in [3.8, 4) is 0 Å². The Bertz CT molecular complexity index is 248. The van der Waals surface area contributed by atoms with E-state index in [1.54, 1.807) is 13.3 Å². The molecule has 0 amide bonds. The standard InChI is InChI=1S/C8H16NO3P/c1-13(2,12)7-3-6(8(10)11)4-9-5-7/h6-7,9H,3-5H2,1-2H3,(H,10,11). The van der Waals surface area contributed by atoms with Gasteiger partial charge in [-0.05, 0) is 19.8 Å². The van der Waals surface area contributed by atoms with Crippen LogP contribution < -0.4 is 5.32 Å². The topological polar surface area (TPSA) is 66.4 Å². The largest absolute Gasteiger partial charge is 0.481 e. The first-order chi connectivity index (χ1) is 5.91. The fraction of sp³-hybridized carbons (Fsp3) is 0.875. The van der Waals surface area contributed by atoms with Crippen molar-refractivity contribution in [3.05, 3.63) is 0 Å². The van der Waals surface area contributed by atoms with Crippen LogP contribution in [0.2, 0.25) is 0 Å². The van der Waals surface area contributed by atoms with Gasteiger partial charge in [0.05, 0.1) is 13.1 Å². The number of carboxylic acids is 1. The van der Waals surface area contributed by atoms with Crippen molar-refractivity contribution in [2.75, 3.05) is 26.4 Å². The fourth-order valence-corrected chi connectivity index (χ4v) is 2.91. The second kappa shape index (κ2) is 3.81. The molecule has 1 rings (SSSR count). The Kier molecular flexibility index (Phi) is 3.14. The monoisotopic (exact) mass is 205 g/mol. The molecule has 0 radical (unpaired) electrons. The molecule has 0 saturated carbocycles. The summed E-state index contributed by atoms with van der Waals surface area (Å²) in [6.45, 7) is 4.65. The van der Waals surface area contributed by atoms with Crippen LogP contribution in [0, 0.1) is 5.92 Å². The first-order valence-corrected chi connectivity index (χ1v) is 7.06. The molecule has 0 aromatic rings. The Morgan fingerprint density at radius 1 is 1.46 bits per heavy atom. The highest BCUT2D eigenvalue weighted by molar-refractivity contribution is 7.63. The Labute approximate surface area is 78.1 Å². The number of rotatable bonds is 2. The maximum Gasteiger partial charge on any atom is 0.307 e. The third kappa shape index (κ3) is 2.82. The Balaban J connectivity index is 2.62. The zero-order valence-electron chi connectivity index (χ0n) is 7.99. The lowest BCUT2D eigenvalue weighted by Gasteiger charge is -2.30. The van der Waals surface area contributed by atoms with Gasteiger partial charge in [0.1, 0.15) is 0 Å². The highest BCUT2D eigenvalue weighted by atomic mass is 31.2. The van der Waals surface area contributed by atoms with Crippen LogP contribution in [0.25, 0.3) is 0 Å². The summed E-state index contributed by atoms with van der Waals surface area (Å²) in [6, 6.07) is 0. The van der Waals surface area contributed by atoms with Crippen LogP contribution in [0.5, 0.6) is 0 Å². The molecule has 1 fully saturated rings.